The van der Waals surface area contributed by atoms with E-state index in [1.807, 2.05) is 0 Å². The summed E-state index contributed by atoms with van der Waals surface area (Å²) in [5.74, 6) is 35.1. The smallest absolute Gasteiger partial charge is 0.268 e. The van der Waals surface area contributed by atoms with E-state index in [1.54, 1.807) is 13.8 Å². The molecule has 40 heavy (non-hydrogen) atoms. The Bertz CT molecular complexity index is 503. The standard InChI is InChI=1S/C13H30O13P2.4H3N2.4Y/c1-10(2)22-7-11(8-23-27(18,19)25-12(3-14)4-15)9-24-28(20,21)26-13(5-16)6-17;4*1-2;;;;/h10-17H,3-9H2,1-2H3,(H,18,19)(H,20,21);4*1H,2H2;;;;/q;4*-1;;;;/p-2. The van der Waals surface area contributed by atoms with Gasteiger partial charge < -0.3 is 99.8 Å². The molecule has 0 spiro atoms. The Balaban J connectivity index is -0.000000104. The van der Waals surface area contributed by atoms with E-state index in [1.165, 1.54) is 0 Å². The molecule has 21 nitrogen and oxygen atoms in total. The van der Waals surface area contributed by atoms with Crippen LogP contribution in [-0.4, -0.2) is 85.0 Å². The van der Waals surface area contributed by atoms with Gasteiger partial charge in [-0.1, -0.05) is 0 Å². The molecule has 2 unspecified atom stereocenters. The van der Waals surface area contributed by atoms with Crippen LogP contribution in [0.4, 0.5) is 0 Å². The fourth-order valence-electron chi connectivity index (χ4n) is 1.54. The average Bonchev–Trinajstić information content (AvgIpc) is 2.89. The third-order valence-electron chi connectivity index (χ3n) is 2.97. The van der Waals surface area contributed by atoms with Crippen molar-refractivity contribution < 1.29 is 193 Å². The van der Waals surface area contributed by atoms with E-state index in [-0.39, 0.29) is 144 Å². The zero-order valence-electron chi connectivity index (χ0n) is 22.2. The van der Waals surface area contributed by atoms with E-state index >= 15 is 0 Å². The van der Waals surface area contributed by atoms with Crippen LogP contribution in [0.1, 0.15) is 13.8 Å². The fraction of sp³-hybridized carbons (Fsp3) is 1.00. The predicted octanol–water partition coefficient (Wildman–Crippen LogP) is -2.62. The fourth-order valence-corrected chi connectivity index (χ4v) is 3.45. The van der Waals surface area contributed by atoms with Gasteiger partial charge in [-0.05, 0) is 13.8 Å². The molecule has 0 amide bonds. The predicted molar refractivity (Wildman–Crippen MR) is 124 cm³/mol. The normalized spacial score (nSPS) is 13.1. The van der Waals surface area contributed by atoms with Crippen molar-refractivity contribution >= 4 is 15.6 Å². The number of hydrogen-bond donors (Lipinski definition) is 8. The van der Waals surface area contributed by atoms with E-state index in [0.717, 1.165) is 0 Å². The Labute approximate surface area is 335 Å². The Morgan fingerprint density at radius 2 is 0.875 bits per heavy atom. The molecule has 0 aromatic rings. The quantitative estimate of drug-likeness (QED) is 0.0420. The van der Waals surface area contributed by atoms with Crippen molar-refractivity contribution in [2.75, 3.05) is 46.2 Å². The molecule has 4 radical (unpaired) electrons. The molecule has 0 heterocycles. The second-order valence-corrected chi connectivity index (χ2v) is 8.65. The maximum absolute atomic E-state index is 11.7. The first-order valence-electron chi connectivity index (χ1n) is 9.47. The molecule has 0 fully saturated rings. The van der Waals surface area contributed by atoms with E-state index in [0.29, 0.717) is 0 Å². The van der Waals surface area contributed by atoms with E-state index < -0.39 is 73.4 Å². The van der Waals surface area contributed by atoms with Gasteiger partial charge in [-0.15, -0.1) is 0 Å². The summed E-state index contributed by atoms with van der Waals surface area (Å²) >= 11 is 0. The van der Waals surface area contributed by atoms with Crippen molar-refractivity contribution in [1.82, 2.24) is 0 Å². The zero-order chi connectivity index (χ0) is 29.8. The molecule has 27 heteroatoms. The first kappa shape index (κ1) is 66.5. The minimum Gasteiger partial charge on any atom is -0.756 e. The molecule has 0 aromatic heterocycles. The first-order valence-corrected chi connectivity index (χ1v) is 12.4. The summed E-state index contributed by atoms with van der Waals surface area (Å²) in [6.45, 7) is -0.952. The van der Waals surface area contributed by atoms with Gasteiger partial charge in [-0.25, -0.2) is 0 Å². The molecular weight excluding hydrogens is 894 g/mol. The Morgan fingerprint density at radius 1 is 0.625 bits per heavy atom. The van der Waals surface area contributed by atoms with E-state index in [2.05, 4.69) is 41.5 Å². The van der Waals surface area contributed by atoms with Crippen LogP contribution in [0.2, 0.25) is 0 Å². The number of ether oxygens (including phenoxy) is 1. The SMILES string of the molecule is CC(C)OCC(COP(=O)([O-])OC(CO)CO)COP(=O)([O-])OC(CO)CO.[NH-]N.[NH-]N.[NH-]N.[NH-]N.[Y].[Y].[Y].[Y]. The van der Waals surface area contributed by atoms with Gasteiger partial charge in [0.15, 0.2) is 0 Å². The van der Waals surface area contributed by atoms with Crippen molar-refractivity contribution in [2.45, 2.75) is 32.2 Å². The summed E-state index contributed by atoms with van der Waals surface area (Å²) in [7, 11) is -9.81. The number of aliphatic hydroxyl groups is 4. The third-order valence-corrected chi connectivity index (χ3v) is 5.02. The zero-order valence-corrected chi connectivity index (χ0v) is 35.4. The van der Waals surface area contributed by atoms with E-state index in [9.17, 15) is 18.9 Å². The molecule has 0 saturated carbocycles. The van der Waals surface area contributed by atoms with Crippen LogP contribution in [0.15, 0.2) is 0 Å². The van der Waals surface area contributed by atoms with Crippen molar-refractivity contribution in [1.29, 1.82) is 0 Å². The number of nitrogens with two attached hydrogens (primary N) is 4. The Kier molecular flexibility index (Phi) is 79.0. The number of hydrogen-bond acceptors (Lipinski definition) is 17. The number of aliphatic hydroxyl groups excluding tert-OH is 4. The van der Waals surface area contributed by atoms with Crippen LogP contribution in [0, 0.1) is 5.92 Å². The van der Waals surface area contributed by atoms with Crippen LogP contribution >= 0.6 is 15.6 Å². The van der Waals surface area contributed by atoms with Gasteiger partial charge in [0.25, 0.3) is 15.6 Å². The number of rotatable bonds is 17. The van der Waals surface area contributed by atoms with Crippen molar-refractivity contribution in [3.8, 4) is 0 Å². The summed E-state index contributed by atoms with van der Waals surface area (Å²) in [5.41, 5.74) is 0. The second kappa shape index (κ2) is 47.5. The summed E-state index contributed by atoms with van der Waals surface area (Å²) < 4.78 is 46.9. The van der Waals surface area contributed by atoms with Crippen LogP contribution < -0.4 is 33.2 Å². The van der Waals surface area contributed by atoms with Gasteiger partial charge in [-0.2, -0.15) is 0 Å². The molecular formula is C13H40N8O13P2Y4-6. The molecule has 0 rings (SSSR count). The Hall–Kier alpha value is 4.12. The molecule has 0 aliphatic heterocycles. The summed E-state index contributed by atoms with van der Waals surface area (Å²) in [4.78, 5) is 23.4. The summed E-state index contributed by atoms with van der Waals surface area (Å²) in [6.07, 6.45) is -3.04. The van der Waals surface area contributed by atoms with Gasteiger partial charge in [0.05, 0.1) is 52.4 Å². The van der Waals surface area contributed by atoms with E-state index in [4.69, 9.17) is 48.5 Å². The van der Waals surface area contributed by atoms with Crippen LogP contribution in [0.25, 0.3) is 23.4 Å². The largest absolute Gasteiger partial charge is 0.756 e. The molecule has 0 aliphatic carbocycles. The minimum atomic E-state index is -4.91. The first-order chi connectivity index (χ1) is 17.0. The minimum absolute atomic E-state index is 0. The Morgan fingerprint density at radius 3 is 1.07 bits per heavy atom. The van der Waals surface area contributed by atoms with Gasteiger partial charge in [0, 0.05) is 137 Å². The van der Waals surface area contributed by atoms with Crippen molar-refractivity contribution in [3.05, 3.63) is 23.4 Å². The third kappa shape index (κ3) is 46.5. The molecule has 16 N–H and O–H groups in total. The topological polar surface area (TPSA) is 407 Å². The summed E-state index contributed by atoms with van der Waals surface area (Å²) in [6, 6.07) is 0. The molecule has 0 aromatic carbocycles. The van der Waals surface area contributed by atoms with Crippen molar-refractivity contribution in [3.63, 3.8) is 0 Å². The van der Waals surface area contributed by atoms with Gasteiger partial charge in [-0.3, -0.25) is 9.13 Å². The molecule has 0 bridgehead atoms. The summed E-state index contributed by atoms with van der Waals surface area (Å²) in [5, 5.41) is 35.4. The van der Waals surface area contributed by atoms with Crippen LogP contribution in [-0.2, 0) is 163 Å². The maximum Gasteiger partial charge on any atom is 0.268 e. The number of nitrogens with one attached hydrogen (secondary N) is 4. The molecule has 0 aliphatic rings. The monoisotopic (exact) mass is 934 g/mol. The molecule has 0 saturated heterocycles. The van der Waals surface area contributed by atoms with Gasteiger partial charge in [0.1, 0.15) is 12.2 Å². The second-order valence-electron chi connectivity index (χ2n) is 5.92. The molecule has 238 valence electrons. The number of phosphoric ester groups is 2. The number of phosphoric acid groups is 2. The maximum atomic E-state index is 11.7. The van der Waals surface area contributed by atoms with Gasteiger partial charge >= 0.3 is 0 Å². The molecule has 2 atom stereocenters. The van der Waals surface area contributed by atoms with Crippen molar-refractivity contribution in [2.24, 2.45) is 29.3 Å². The van der Waals surface area contributed by atoms with Gasteiger partial charge in [0.2, 0.25) is 0 Å². The van der Waals surface area contributed by atoms with Crippen LogP contribution in [0.5, 0.6) is 0 Å². The average molecular weight is 934 g/mol. The van der Waals surface area contributed by atoms with Crippen LogP contribution in [0.3, 0.4) is 0 Å².